The van der Waals surface area contributed by atoms with Crippen molar-refractivity contribution in [3.05, 3.63) is 52.2 Å². The molecular formula is C16H16N2OS. The normalized spacial score (nSPS) is 11.2. The van der Waals surface area contributed by atoms with Crippen LogP contribution in [0.1, 0.15) is 27.3 Å². The molecule has 3 aromatic rings. The Morgan fingerprint density at radius 2 is 2.05 bits per heavy atom. The molecule has 0 radical (unpaired) electrons. The maximum Gasteiger partial charge on any atom is 0.170 e. The predicted octanol–water partition coefficient (Wildman–Crippen LogP) is 3.68. The summed E-state index contributed by atoms with van der Waals surface area (Å²) < 4.78 is 3.00. The molecule has 0 fully saturated rings. The van der Waals surface area contributed by atoms with Gasteiger partial charge in [-0.05, 0) is 36.2 Å². The Hall–Kier alpha value is -1.94. The highest BCUT2D eigenvalue weighted by molar-refractivity contribution is 7.17. The number of carbonyl (C=O) groups is 1. The number of hydrogen-bond acceptors (Lipinski definition) is 3. The van der Waals surface area contributed by atoms with Crippen LogP contribution in [0.4, 0.5) is 0 Å². The second-order valence-electron chi connectivity index (χ2n) is 5.03. The molecule has 0 aliphatic heterocycles. The van der Waals surface area contributed by atoms with Crippen LogP contribution in [-0.4, -0.2) is 15.6 Å². The van der Waals surface area contributed by atoms with E-state index in [1.54, 1.807) is 16.0 Å². The molecule has 1 aromatic carbocycles. The van der Waals surface area contributed by atoms with Crippen molar-refractivity contribution < 1.29 is 4.79 Å². The highest BCUT2D eigenvalue weighted by Gasteiger charge is 2.18. The molecule has 102 valence electrons. The minimum absolute atomic E-state index is 0.150. The first-order valence-corrected chi connectivity index (χ1v) is 7.44. The van der Waals surface area contributed by atoms with E-state index in [1.807, 2.05) is 33.0 Å². The molecule has 3 rings (SSSR count). The molecule has 0 aliphatic rings. The lowest BCUT2D eigenvalue weighted by molar-refractivity contribution is 0.0992. The average molecular weight is 284 g/mol. The van der Waals surface area contributed by atoms with E-state index >= 15 is 0 Å². The van der Waals surface area contributed by atoms with E-state index in [0.29, 0.717) is 6.42 Å². The molecule has 2 aromatic heterocycles. The molecule has 0 saturated heterocycles. The lowest BCUT2D eigenvalue weighted by Crippen LogP contribution is -2.06. The topological polar surface area (TPSA) is 34.9 Å². The minimum atomic E-state index is 0.150. The van der Waals surface area contributed by atoms with Gasteiger partial charge in [-0.1, -0.05) is 18.2 Å². The molecule has 0 bridgehead atoms. The molecule has 0 spiro atoms. The highest BCUT2D eigenvalue weighted by Crippen LogP contribution is 2.27. The van der Waals surface area contributed by atoms with Gasteiger partial charge in [0.2, 0.25) is 0 Å². The molecule has 2 heterocycles. The summed E-state index contributed by atoms with van der Waals surface area (Å²) in [5.74, 6) is 0.150. The maximum absolute atomic E-state index is 12.6. The minimum Gasteiger partial charge on any atom is -0.294 e. The number of fused-ring (bicyclic) bond motifs is 1. The zero-order valence-corrected chi connectivity index (χ0v) is 12.6. The quantitative estimate of drug-likeness (QED) is 0.688. The summed E-state index contributed by atoms with van der Waals surface area (Å²) in [5.41, 5.74) is 3.63. The number of hydrogen-bond donors (Lipinski definition) is 0. The van der Waals surface area contributed by atoms with Crippen molar-refractivity contribution in [1.82, 2.24) is 9.78 Å². The lowest BCUT2D eigenvalue weighted by Gasteiger charge is -2.01. The van der Waals surface area contributed by atoms with Gasteiger partial charge in [0.1, 0.15) is 0 Å². The average Bonchev–Trinajstić information content (AvgIpc) is 2.92. The Balaban J connectivity index is 1.97. The van der Waals surface area contributed by atoms with Crippen molar-refractivity contribution in [2.45, 2.75) is 20.3 Å². The van der Waals surface area contributed by atoms with Gasteiger partial charge >= 0.3 is 0 Å². The van der Waals surface area contributed by atoms with Crippen molar-refractivity contribution in [3.8, 4) is 0 Å². The monoisotopic (exact) mass is 284 g/mol. The van der Waals surface area contributed by atoms with E-state index in [4.69, 9.17) is 0 Å². The van der Waals surface area contributed by atoms with E-state index in [0.717, 1.165) is 22.5 Å². The molecule has 0 saturated carbocycles. The van der Waals surface area contributed by atoms with Crippen LogP contribution in [0.2, 0.25) is 0 Å². The molecule has 0 unspecified atom stereocenters. The van der Waals surface area contributed by atoms with Gasteiger partial charge in [0.05, 0.1) is 11.3 Å². The molecule has 3 nitrogen and oxygen atoms in total. The van der Waals surface area contributed by atoms with Crippen LogP contribution in [0.3, 0.4) is 0 Å². The zero-order valence-electron chi connectivity index (χ0n) is 11.8. The number of carbonyl (C=O) groups excluding carboxylic acids is 1. The third-order valence-electron chi connectivity index (χ3n) is 3.70. The third kappa shape index (κ3) is 2.06. The predicted molar refractivity (Wildman–Crippen MR) is 82.5 cm³/mol. The van der Waals surface area contributed by atoms with E-state index in [1.165, 1.54) is 10.1 Å². The van der Waals surface area contributed by atoms with Crippen molar-refractivity contribution in [2.75, 3.05) is 0 Å². The second-order valence-corrected chi connectivity index (χ2v) is 5.94. The smallest absolute Gasteiger partial charge is 0.170 e. The standard InChI is InChI=1S/C16H16N2OS/c1-10-16(11(2)18(3)17-10)14(19)8-12-9-20-15-7-5-4-6-13(12)15/h4-7,9H,8H2,1-3H3. The van der Waals surface area contributed by atoms with Gasteiger partial charge < -0.3 is 0 Å². The fourth-order valence-corrected chi connectivity index (χ4v) is 3.57. The van der Waals surface area contributed by atoms with Crippen molar-refractivity contribution in [2.24, 2.45) is 7.05 Å². The summed E-state index contributed by atoms with van der Waals surface area (Å²) in [7, 11) is 1.87. The van der Waals surface area contributed by atoms with Gasteiger partial charge in [-0.3, -0.25) is 9.48 Å². The Bertz CT molecular complexity index is 798. The fourth-order valence-electron chi connectivity index (χ4n) is 2.61. The van der Waals surface area contributed by atoms with Crippen LogP contribution in [0.15, 0.2) is 29.6 Å². The highest BCUT2D eigenvalue weighted by atomic mass is 32.1. The van der Waals surface area contributed by atoms with Crippen LogP contribution in [0.25, 0.3) is 10.1 Å². The number of ketones is 1. The van der Waals surface area contributed by atoms with Crippen LogP contribution in [0.5, 0.6) is 0 Å². The van der Waals surface area contributed by atoms with Gasteiger partial charge in [0.15, 0.2) is 5.78 Å². The van der Waals surface area contributed by atoms with Crippen LogP contribution < -0.4 is 0 Å². The molecule has 0 N–H and O–H groups in total. The van der Waals surface area contributed by atoms with Crippen molar-refractivity contribution in [3.63, 3.8) is 0 Å². The van der Waals surface area contributed by atoms with Crippen LogP contribution >= 0.6 is 11.3 Å². The summed E-state index contributed by atoms with van der Waals surface area (Å²) in [4.78, 5) is 12.6. The Kier molecular flexibility index (Phi) is 3.18. The number of Topliss-reactive ketones (excluding diaryl/α,β-unsaturated/α-hetero) is 1. The van der Waals surface area contributed by atoms with E-state index < -0.39 is 0 Å². The van der Waals surface area contributed by atoms with Gasteiger partial charge in [-0.2, -0.15) is 5.10 Å². The number of aromatic nitrogens is 2. The molecular weight excluding hydrogens is 268 g/mol. The van der Waals surface area contributed by atoms with Gasteiger partial charge in [0, 0.05) is 23.9 Å². The summed E-state index contributed by atoms with van der Waals surface area (Å²) in [6.45, 7) is 3.84. The largest absolute Gasteiger partial charge is 0.294 e. The summed E-state index contributed by atoms with van der Waals surface area (Å²) in [6.07, 6.45) is 0.442. The van der Waals surface area contributed by atoms with Crippen LogP contribution in [-0.2, 0) is 13.5 Å². The van der Waals surface area contributed by atoms with Crippen LogP contribution in [0, 0.1) is 13.8 Å². The maximum atomic E-state index is 12.6. The van der Waals surface area contributed by atoms with Gasteiger partial charge in [0.25, 0.3) is 0 Å². The number of benzene rings is 1. The molecule has 20 heavy (non-hydrogen) atoms. The van der Waals surface area contributed by atoms with E-state index in [9.17, 15) is 4.79 Å². The first kappa shape index (κ1) is 13.1. The Morgan fingerprint density at radius 1 is 1.30 bits per heavy atom. The third-order valence-corrected chi connectivity index (χ3v) is 4.71. The SMILES string of the molecule is Cc1nn(C)c(C)c1C(=O)Cc1csc2ccccc12. The molecule has 0 aliphatic carbocycles. The summed E-state index contributed by atoms with van der Waals surface area (Å²) in [6, 6.07) is 8.22. The number of aryl methyl sites for hydroxylation is 2. The molecule has 0 atom stereocenters. The first-order chi connectivity index (χ1) is 9.58. The zero-order chi connectivity index (χ0) is 14.3. The molecule has 0 amide bonds. The van der Waals surface area contributed by atoms with Gasteiger partial charge in [-0.15, -0.1) is 11.3 Å². The first-order valence-electron chi connectivity index (χ1n) is 6.56. The summed E-state index contributed by atoms with van der Waals surface area (Å²) in [5, 5.41) is 7.59. The van der Waals surface area contributed by atoms with E-state index in [-0.39, 0.29) is 5.78 Å². The summed E-state index contributed by atoms with van der Waals surface area (Å²) >= 11 is 1.69. The second kappa shape index (κ2) is 4.87. The lowest BCUT2D eigenvalue weighted by atomic mass is 10.0. The van der Waals surface area contributed by atoms with Gasteiger partial charge in [-0.25, -0.2) is 0 Å². The Morgan fingerprint density at radius 3 is 2.75 bits per heavy atom. The number of nitrogens with zero attached hydrogens (tertiary/aromatic N) is 2. The molecule has 4 heteroatoms. The number of rotatable bonds is 3. The van der Waals surface area contributed by atoms with Crippen molar-refractivity contribution in [1.29, 1.82) is 0 Å². The fraction of sp³-hybridized carbons (Fsp3) is 0.250. The number of thiophene rings is 1. The van der Waals surface area contributed by atoms with E-state index in [2.05, 4.69) is 22.6 Å². The van der Waals surface area contributed by atoms with Crippen molar-refractivity contribution >= 4 is 27.2 Å². The Labute approximate surface area is 121 Å².